The molecule has 2 N–H and O–H groups in total. The predicted molar refractivity (Wildman–Crippen MR) is 61.7 cm³/mol. The van der Waals surface area contributed by atoms with E-state index in [0.29, 0.717) is 13.0 Å². The Morgan fingerprint density at radius 3 is 2.25 bits per heavy atom. The maximum absolute atomic E-state index is 12.0. The quantitative estimate of drug-likeness (QED) is 0.670. The van der Waals surface area contributed by atoms with Crippen molar-refractivity contribution in [3.63, 3.8) is 0 Å². The molecular formula is C11H22N2O3. The van der Waals surface area contributed by atoms with Gasteiger partial charge < -0.3 is 15.4 Å². The van der Waals surface area contributed by atoms with Gasteiger partial charge in [-0.2, -0.15) is 0 Å². The Morgan fingerprint density at radius 2 is 1.88 bits per heavy atom. The van der Waals surface area contributed by atoms with E-state index in [1.54, 1.807) is 0 Å². The van der Waals surface area contributed by atoms with E-state index in [-0.39, 0.29) is 24.4 Å². The van der Waals surface area contributed by atoms with Crippen molar-refractivity contribution in [1.82, 2.24) is 4.90 Å². The fraction of sp³-hybridized carbons (Fsp3) is 0.818. The first-order valence-corrected chi connectivity index (χ1v) is 5.51. The molecule has 0 heterocycles. The van der Waals surface area contributed by atoms with Gasteiger partial charge >= 0.3 is 5.97 Å². The predicted octanol–water partition coefficient (Wildman–Crippen LogP) is 0.381. The number of carbonyl (C=O) groups is 2. The van der Waals surface area contributed by atoms with Gasteiger partial charge in [0.25, 0.3) is 0 Å². The van der Waals surface area contributed by atoms with Crippen LogP contribution in [-0.4, -0.2) is 43.0 Å². The van der Waals surface area contributed by atoms with Gasteiger partial charge in [-0.1, -0.05) is 6.92 Å². The van der Waals surface area contributed by atoms with Crippen molar-refractivity contribution in [3.05, 3.63) is 0 Å². The lowest BCUT2D eigenvalue weighted by atomic mass is 10.1. The van der Waals surface area contributed by atoms with Crippen molar-refractivity contribution in [3.8, 4) is 0 Å². The van der Waals surface area contributed by atoms with Gasteiger partial charge in [-0.15, -0.1) is 0 Å². The van der Waals surface area contributed by atoms with E-state index < -0.39 is 5.97 Å². The lowest BCUT2D eigenvalue weighted by molar-refractivity contribution is -0.149. The number of nitrogens with two attached hydrogens (primary N) is 1. The summed E-state index contributed by atoms with van der Waals surface area (Å²) in [6.07, 6.45) is 0.628. The van der Waals surface area contributed by atoms with Gasteiger partial charge in [-0.25, -0.2) is 0 Å². The van der Waals surface area contributed by atoms with Crippen molar-refractivity contribution in [2.45, 2.75) is 33.2 Å². The first kappa shape index (κ1) is 14.9. The highest BCUT2D eigenvalue weighted by atomic mass is 16.5. The number of hydrogen-bond donors (Lipinski definition) is 1. The molecule has 1 amide bonds. The van der Waals surface area contributed by atoms with Crippen LogP contribution in [0.15, 0.2) is 0 Å². The third-order valence-electron chi connectivity index (χ3n) is 2.45. The number of carbonyl (C=O) groups excluding carboxylic acids is 2. The van der Waals surface area contributed by atoms with Crippen LogP contribution in [0.25, 0.3) is 0 Å². The Labute approximate surface area is 96.9 Å². The highest BCUT2D eigenvalue weighted by Gasteiger charge is 2.24. The minimum Gasteiger partial charge on any atom is -0.468 e. The third kappa shape index (κ3) is 4.61. The fourth-order valence-electron chi connectivity index (χ4n) is 1.38. The molecule has 0 spiro atoms. The zero-order valence-corrected chi connectivity index (χ0v) is 10.5. The topological polar surface area (TPSA) is 72.6 Å². The molecule has 0 radical (unpaired) electrons. The fourth-order valence-corrected chi connectivity index (χ4v) is 1.38. The zero-order chi connectivity index (χ0) is 12.7. The number of hydrogen-bond acceptors (Lipinski definition) is 4. The first-order valence-electron chi connectivity index (χ1n) is 5.51. The summed E-state index contributed by atoms with van der Waals surface area (Å²) in [6, 6.07) is -0.0215. The molecule has 5 heteroatoms. The van der Waals surface area contributed by atoms with Gasteiger partial charge in [0.15, 0.2) is 0 Å². The van der Waals surface area contributed by atoms with E-state index in [2.05, 4.69) is 4.74 Å². The Morgan fingerprint density at radius 1 is 1.31 bits per heavy atom. The summed E-state index contributed by atoms with van der Waals surface area (Å²) < 4.78 is 4.56. The smallest absolute Gasteiger partial charge is 0.325 e. The molecule has 16 heavy (non-hydrogen) atoms. The van der Waals surface area contributed by atoms with E-state index in [0.717, 1.165) is 0 Å². The minimum atomic E-state index is -0.401. The molecular weight excluding hydrogens is 208 g/mol. The summed E-state index contributed by atoms with van der Waals surface area (Å²) in [4.78, 5) is 24.7. The van der Waals surface area contributed by atoms with Crippen LogP contribution in [0.4, 0.5) is 0 Å². The molecule has 0 aliphatic carbocycles. The SMILES string of the molecule is COC(=O)CN(C(=O)C(C)CCN)C(C)C. The maximum Gasteiger partial charge on any atom is 0.325 e. The molecule has 0 saturated carbocycles. The number of ether oxygens (including phenoxy) is 1. The largest absolute Gasteiger partial charge is 0.468 e. The van der Waals surface area contributed by atoms with Gasteiger partial charge in [0.05, 0.1) is 7.11 Å². The van der Waals surface area contributed by atoms with Crippen LogP contribution in [-0.2, 0) is 14.3 Å². The van der Waals surface area contributed by atoms with Crippen molar-refractivity contribution in [2.24, 2.45) is 11.7 Å². The summed E-state index contributed by atoms with van der Waals surface area (Å²) in [5.74, 6) is -0.607. The van der Waals surface area contributed by atoms with Crippen LogP contribution >= 0.6 is 0 Å². The molecule has 0 aliphatic heterocycles. The zero-order valence-electron chi connectivity index (χ0n) is 10.5. The Kier molecular flexibility index (Phi) is 6.72. The van der Waals surface area contributed by atoms with Gasteiger partial charge in [0.1, 0.15) is 6.54 Å². The van der Waals surface area contributed by atoms with Crippen LogP contribution in [0, 0.1) is 5.92 Å². The molecule has 5 nitrogen and oxygen atoms in total. The van der Waals surface area contributed by atoms with E-state index in [4.69, 9.17) is 5.73 Å². The van der Waals surface area contributed by atoms with Crippen LogP contribution in [0.5, 0.6) is 0 Å². The highest BCUT2D eigenvalue weighted by molar-refractivity contribution is 5.83. The number of amides is 1. The Balaban J connectivity index is 4.52. The van der Waals surface area contributed by atoms with Crippen LogP contribution in [0.2, 0.25) is 0 Å². The summed E-state index contributed by atoms with van der Waals surface area (Å²) >= 11 is 0. The molecule has 1 unspecified atom stereocenters. The van der Waals surface area contributed by atoms with Gasteiger partial charge in [-0.05, 0) is 26.8 Å². The second-order valence-electron chi connectivity index (χ2n) is 4.11. The van der Waals surface area contributed by atoms with Gasteiger partial charge in [0, 0.05) is 12.0 Å². The minimum absolute atomic E-state index is 0.00190. The van der Waals surface area contributed by atoms with Gasteiger partial charge in [-0.3, -0.25) is 9.59 Å². The van der Waals surface area contributed by atoms with E-state index in [1.807, 2.05) is 20.8 Å². The van der Waals surface area contributed by atoms with Crippen LogP contribution in [0.1, 0.15) is 27.2 Å². The third-order valence-corrected chi connectivity index (χ3v) is 2.45. The molecule has 94 valence electrons. The molecule has 0 aromatic heterocycles. The number of esters is 1. The number of rotatable bonds is 6. The molecule has 0 aromatic carbocycles. The van der Waals surface area contributed by atoms with Crippen LogP contribution < -0.4 is 5.73 Å². The summed E-state index contributed by atoms with van der Waals surface area (Å²) in [5, 5.41) is 0. The molecule has 0 aliphatic rings. The van der Waals surface area contributed by atoms with Crippen molar-refractivity contribution in [2.75, 3.05) is 20.2 Å². The van der Waals surface area contributed by atoms with E-state index in [9.17, 15) is 9.59 Å². The summed E-state index contributed by atoms with van der Waals surface area (Å²) in [5.41, 5.74) is 5.41. The molecule has 1 atom stereocenters. The van der Waals surface area contributed by atoms with Crippen molar-refractivity contribution >= 4 is 11.9 Å². The second-order valence-corrected chi connectivity index (χ2v) is 4.11. The number of methoxy groups -OCH3 is 1. The Bertz CT molecular complexity index is 241. The molecule has 0 fully saturated rings. The lowest BCUT2D eigenvalue weighted by Gasteiger charge is -2.28. The normalized spacial score (nSPS) is 12.4. The molecule has 0 rings (SSSR count). The molecule has 0 bridgehead atoms. The standard InChI is InChI=1S/C11H22N2O3/c1-8(2)13(7-10(14)16-4)11(15)9(3)5-6-12/h8-9H,5-7,12H2,1-4H3. The number of nitrogens with zero attached hydrogens (tertiary/aromatic N) is 1. The highest BCUT2D eigenvalue weighted by Crippen LogP contribution is 2.09. The summed E-state index contributed by atoms with van der Waals surface area (Å²) in [7, 11) is 1.31. The summed E-state index contributed by atoms with van der Waals surface area (Å²) in [6.45, 7) is 6.03. The average Bonchev–Trinajstić information content (AvgIpc) is 2.24. The van der Waals surface area contributed by atoms with Gasteiger partial charge in [0.2, 0.25) is 5.91 Å². The van der Waals surface area contributed by atoms with E-state index >= 15 is 0 Å². The lowest BCUT2D eigenvalue weighted by Crippen LogP contribution is -2.44. The van der Waals surface area contributed by atoms with Crippen LogP contribution in [0.3, 0.4) is 0 Å². The Hall–Kier alpha value is -1.10. The van der Waals surface area contributed by atoms with Crippen molar-refractivity contribution < 1.29 is 14.3 Å². The monoisotopic (exact) mass is 230 g/mol. The first-order chi connectivity index (χ1) is 7.43. The molecule has 0 saturated heterocycles. The van der Waals surface area contributed by atoms with E-state index in [1.165, 1.54) is 12.0 Å². The second kappa shape index (κ2) is 7.22. The maximum atomic E-state index is 12.0. The van der Waals surface area contributed by atoms with Crippen molar-refractivity contribution in [1.29, 1.82) is 0 Å². The molecule has 0 aromatic rings. The average molecular weight is 230 g/mol.